The zero-order chi connectivity index (χ0) is 20.6. The third kappa shape index (κ3) is 5.83. The maximum absolute atomic E-state index is 12.2. The van der Waals surface area contributed by atoms with Gasteiger partial charge in [-0.25, -0.2) is 15.0 Å². The van der Waals surface area contributed by atoms with Crippen molar-refractivity contribution in [2.45, 2.75) is 13.8 Å². The van der Waals surface area contributed by atoms with E-state index in [9.17, 15) is 9.59 Å². The lowest BCUT2D eigenvalue weighted by Gasteiger charge is -2.09. The van der Waals surface area contributed by atoms with Crippen LogP contribution in [0.1, 0.15) is 33.2 Å². The van der Waals surface area contributed by atoms with E-state index in [-0.39, 0.29) is 11.7 Å². The van der Waals surface area contributed by atoms with Crippen molar-refractivity contribution in [3.05, 3.63) is 71.7 Å². The molecule has 0 radical (unpaired) electrons. The second kappa shape index (κ2) is 9.41. The number of nitrogens with zero attached hydrogens (tertiary/aromatic N) is 3. The number of amides is 1. The van der Waals surface area contributed by atoms with Gasteiger partial charge < -0.3 is 16.0 Å². The lowest BCUT2D eigenvalue weighted by molar-refractivity contribution is 0.0953. The summed E-state index contributed by atoms with van der Waals surface area (Å²) in [6.45, 7) is 4.40. The number of carbonyl (C=O) groups is 2. The molecule has 2 heterocycles. The molecule has 1 aromatic carbocycles. The van der Waals surface area contributed by atoms with Gasteiger partial charge in [0.25, 0.3) is 5.91 Å². The van der Waals surface area contributed by atoms with Gasteiger partial charge in [0, 0.05) is 36.5 Å². The molecule has 0 aliphatic carbocycles. The molecule has 0 aliphatic rings. The van der Waals surface area contributed by atoms with Crippen molar-refractivity contribution in [1.82, 2.24) is 20.3 Å². The van der Waals surface area contributed by atoms with Crippen LogP contribution in [0.15, 0.2) is 55.0 Å². The molecule has 0 bridgehead atoms. The number of hydrogen-bond acceptors (Lipinski definition) is 7. The van der Waals surface area contributed by atoms with Crippen molar-refractivity contribution in [1.29, 1.82) is 0 Å². The molecule has 3 aromatic rings. The first kappa shape index (κ1) is 19.9. The monoisotopic (exact) mass is 390 g/mol. The molecule has 29 heavy (non-hydrogen) atoms. The highest BCUT2D eigenvalue weighted by Crippen LogP contribution is 2.14. The summed E-state index contributed by atoms with van der Waals surface area (Å²) in [5.41, 5.74) is 2.19. The summed E-state index contributed by atoms with van der Waals surface area (Å²) in [5.74, 6) is 1.73. The summed E-state index contributed by atoms with van der Waals surface area (Å²) >= 11 is 0. The van der Waals surface area contributed by atoms with Crippen LogP contribution in [0.2, 0.25) is 0 Å². The van der Waals surface area contributed by atoms with Gasteiger partial charge in [0.2, 0.25) is 0 Å². The summed E-state index contributed by atoms with van der Waals surface area (Å²) in [6, 6.07) is 12.2. The Kier molecular flexibility index (Phi) is 6.47. The fourth-order valence-electron chi connectivity index (χ4n) is 2.58. The molecule has 8 heteroatoms. The quantitative estimate of drug-likeness (QED) is 0.401. The fourth-order valence-corrected chi connectivity index (χ4v) is 2.58. The van der Waals surface area contributed by atoms with E-state index >= 15 is 0 Å². The minimum atomic E-state index is -0.197. The van der Waals surface area contributed by atoms with Gasteiger partial charge in [-0.2, -0.15) is 0 Å². The van der Waals surface area contributed by atoms with E-state index in [0.29, 0.717) is 41.7 Å². The Bertz CT molecular complexity index is 1000. The molecule has 3 rings (SSSR count). The van der Waals surface area contributed by atoms with Gasteiger partial charge in [-0.05, 0) is 43.7 Å². The number of anilines is 3. The summed E-state index contributed by atoms with van der Waals surface area (Å²) in [5, 5.41) is 9.10. The number of pyridine rings is 1. The summed E-state index contributed by atoms with van der Waals surface area (Å²) in [6.07, 6.45) is 3.18. The van der Waals surface area contributed by atoms with Crippen LogP contribution in [0, 0.1) is 6.92 Å². The van der Waals surface area contributed by atoms with E-state index in [2.05, 4.69) is 30.9 Å². The average molecular weight is 390 g/mol. The number of carbonyl (C=O) groups excluding carboxylic acids is 2. The number of ketones is 1. The van der Waals surface area contributed by atoms with Crippen LogP contribution < -0.4 is 16.0 Å². The van der Waals surface area contributed by atoms with Gasteiger partial charge in [0.15, 0.2) is 5.78 Å². The maximum atomic E-state index is 12.2. The highest BCUT2D eigenvalue weighted by atomic mass is 16.1. The Hall–Kier alpha value is -3.81. The molecule has 0 saturated heterocycles. The second-order valence-corrected chi connectivity index (χ2v) is 6.45. The first-order valence-electron chi connectivity index (χ1n) is 9.16. The van der Waals surface area contributed by atoms with E-state index in [4.69, 9.17) is 0 Å². The standard InChI is InChI=1S/C21H22N6O2/c1-14-7-8-22-19(11-14)27-20-12-18(25-13-26-20)23-9-10-24-21(29)17-5-3-16(4-6-17)15(2)28/h3-8,11-13H,9-10H2,1-2H3,(H,24,29)(H2,22,23,25,26,27). The topological polar surface area (TPSA) is 109 Å². The first-order valence-corrected chi connectivity index (χ1v) is 9.16. The Balaban J connectivity index is 1.48. The van der Waals surface area contributed by atoms with Crippen molar-refractivity contribution in [3.63, 3.8) is 0 Å². The fraction of sp³-hybridized carbons (Fsp3) is 0.190. The highest BCUT2D eigenvalue weighted by molar-refractivity contribution is 5.97. The number of Topliss-reactive ketones (excluding diaryl/α,β-unsaturated/α-hetero) is 1. The van der Waals surface area contributed by atoms with Gasteiger partial charge in [0.1, 0.15) is 23.8 Å². The molecule has 3 N–H and O–H groups in total. The first-order chi connectivity index (χ1) is 14.0. The molecule has 1 amide bonds. The normalized spacial score (nSPS) is 10.3. The SMILES string of the molecule is CC(=O)c1ccc(C(=O)NCCNc2cc(Nc3cc(C)ccn3)ncn2)cc1. The summed E-state index contributed by atoms with van der Waals surface area (Å²) in [7, 11) is 0. The Morgan fingerprint density at radius 2 is 1.55 bits per heavy atom. The zero-order valence-electron chi connectivity index (χ0n) is 16.3. The van der Waals surface area contributed by atoms with Crippen molar-refractivity contribution >= 4 is 29.1 Å². The van der Waals surface area contributed by atoms with Crippen LogP contribution in [0.5, 0.6) is 0 Å². The van der Waals surface area contributed by atoms with Gasteiger partial charge >= 0.3 is 0 Å². The number of aromatic nitrogens is 3. The van der Waals surface area contributed by atoms with E-state index in [1.807, 2.05) is 19.1 Å². The number of benzene rings is 1. The lowest BCUT2D eigenvalue weighted by atomic mass is 10.1. The van der Waals surface area contributed by atoms with Crippen LogP contribution in [0.4, 0.5) is 17.5 Å². The van der Waals surface area contributed by atoms with Gasteiger partial charge in [-0.3, -0.25) is 9.59 Å². The smallest absolute Gasteiger partial charge is 0.251 e. The van der Waals surface area contributed by atoms with Crippen LogP contribution >= 0.6 is 0 Å². The molecular weight excluding hydrogens is 368 g/mol. The molecule has 0 saturated carbocycles. The largest absolute Gasteiger partial charge is 0.368 e. The van der Waals surface area contributed by atoms with E-state index in [0.717, 1.165) is 5.56 Å². The maximum Gasteiger partial charge on any atom is 0.251 e. The van der Waals surface area contributed by atoms with Gasteiger partial charge in [-0.1, -0.05) is 12.1 Å². The van der Waals surface area contributed by atoms with Crippen molar-refractivity contribution in [2.75, 3.05) is 23.7 Å². The summed E-state index contributed by atoms with van der Waals surface area (Å²) < 4.78 is 0. The number of aryl methyl sites for hydroxylation is 1. The lowest BCUT2D eigenvalue weighted by Crippen LogP contribution is -2.28. The second-order valence-electron chi connectivity index (χ2n) is 6.45. The predicted octanol–water partition coefficient (Wildman–Crippen LogP) is 2.97. The van der Waals surface area contributed by atoms with E-state index in [1.54, 1.807) is 36.5 Å². The number of rotatable bonds is 8. The molecule has 0 unspecified atom stereocenters. The predicted molar refractivity (Wildman–Crippen MR) is 112 cm³/mol. The van der Waals surface area contributed by atoms with E-state index < -0.39 is 0 Å². The minimum Gasteiger partial charge on any atom is -0.368 e. The Morgan fingerprint density at radius 1 is 0.862 bits per heavy atom. The molecule has 0 aliphatic heterocycles. The molecule has 0 atom stereocenters. The van der Waals surface area contributed by atoms with Crippen LogP contribution in [-0.4, -0.2) is 39.7 Å². The highest BCUT2D eigenvalue weighted by Gasteiger charge is 2.06. The van der Waals surface area contributed by atoms with Crippen molar-refractivity contribution in [3.8, 4) is 0 Å². The van der Waals surface area contributed by atoms with Gasteiger partial charge in [0.05, 0.1) is 0 Å². The minimum absolute atomic E-state index is 0.0296. The molecule has 2 aromatic heterocycles. The molecule has 0 fully saturated rings. The average Bonchev–Trinajstić information content (AvgIpc) is 2.71. The Morgan fingerprint density at radius 3 is 2.28 bits per heavy atom. The van der Waals surface area contributed by atoms with Crippen LogP contribution in [0.25, 0.3) is 0 Å². The third-order valence-electron chi connectivity index (χ3n) is 4.11. The van der Waals surface area contributed by atoms with Crippen molar-refractivity contribution < 1.29 is 9.59 Å². The molecule has 8 nitrogen and oxygen atoms in total. The van der Waals surface area contributed by atoms with Gasteiger partial charge in [-0.15, -0.1) is 0 Å². The molecular formula is C21H22N6O2. The van der Waals surface area contributed by atoms with Crippen LogP contribution in [-0.2, 0) is 0 Å². The number of hydrogen-bond donors (Lipinski definition) is 3. The molecule has 148 valence electrons. The third-order valence-corrected chi connectivity index (χ3v) is 4.11. The van der Waals surface area contributed by atoms with Crippen molar-refractivity contribution in [2.24, 2.45) is 0 Å². The zero-order valence-corrected chi connectivity index (χ0v) is 16.3. The Labute approximate surface area is 168 Å². The summed E-state index contributed by atoms with van der Waals surface area (Å²) in [4.78, 5) is 36.0. The van der Waals surface area contributed by atoms with E-state index in [1.165, 1.54) is 13.3 Å². The molecule has 0 spiro atoms. The van der Waals surface area contributed by atoms with Crippen LogP contribution in [0.3, 0.4) is 0 Å². The number of nitrogens with one attached hydrogen (secondary N) is 3.